The maximum Gasteiger partial charge on any atom is 0.00952 e. The van der Waals surface area contributed by atoms with Gasteiger partial charge >= 0.3 is 0 Å². The minimum Gasteiger partial charge on any atom is -0.314 e. The summed E-state index contributed by atoms with van der Waals surface area (Å²) in [6.07, 6.45) is 8.35. The molecule has 2 unspecified atom stereocenters. The fourth-order valence-electron chi connectivity index (χ4n) is 2.38. The van der Waals surface area contributed by atoms with E-state index in [1.807, 2.05) is 0 Å². The smallest absolute Gasteiger partial charge is 0.00952 e. The van der Waals surface area contributed by atoms with Crippen LogP contribution in [0.1, 0.15) is 52.4 Å². The maximum absolute atomic E-state index is 3.65. The summed E-state index contributed by atoms with van der Waals surface area (Å²) in [5, 5.41) is 3.65. The molecule has 1 nitrogen and oxygen atoms in total. The number of hydrogen-bond donors (Lipinski definition) is 1. The molecule has 0 aliphatic carbocycles. The first-order valence-corrected chi connectivity index (χ1v) is 5.61. The van der Waals surface area contributed by atoms with E-state index in [4.69, 9.17) is 0 Å². The van der Waals surface area contributed by atoms with Crippen LogP contribution >= 0.6 is 0 Å². The van der Waals surface area contributed by atoms with Gasteiger partial charge in [0.1, 0.15) is 0 Å². The molecule has 0 spiro atoms. The van der Waals surface area contributed by atoms with E-state index >= 15 is 0 Å². The van der Waals surface area contributed by atoms with Crippen LogP contribution in [0.2, 0.25) is 0 Å². The van der Waals surface area contributed by atoms with Crippen LogP contribution in [0.3, 0.4) is 0 Å². The van der Waals surface area contributed by atoms with Crippen LogP contribution in [0.4, 0.5) is 0 Å². The molecule has 0 aromatic carbocycles. The van der Waals surface area contributed by atoms with Crippen molar-refractivity contribution in [1.29, 1.82) is 0 Å². The standard InChI is InChI=1S/C11H23N/c1-3-6-10-8-5-9-12-11(10)7-4-2/h10-12H,3-9H2,1-2H3. The Labute approximate surface area is 76.9 Å². The van der Waals surface area contributed by atoms with Crippen molar-refractivity contribution in [1.82, 2.24) is 5.32 Å². The van der Waals surface area contributed by atoms with Crippen LogP contribution in [0, 0.1) is 5.92 Å². The summed E-state index contributed by atoms with van der Waals surface area (Å²) in [7, 11) is 0. The molecule has 0 saturated carbocycles. The summed E-state index contributed by atoms with van der Waals surface area (Å²) in [5.41, 5.74) is 0. The third kappa shape index (κ3) is 2.78. The topological polar surface area (TPSA) is 12.0 Å². The van der Waals surface area contributed by atoms with E-state index in [1.165, 1.54) is 45.1 Å². The van der Waals surface area contributed by atoms with Crippen LogP contribution in [-0.2, 0) is 0 Å². The van der Waals surface area contributed by atoms with Crippen LogP contribution in [0.15, 0.2) is 0 Å². The molecule has 0 aromatic heterocycles. The van der Waals surface area contributed by atoms with Crippen molar-refractivity contribution in [2.75, 3.05) is 6.54 Å². The van der Waals surface area contributed by atoms with Crippen LogP contribution in [-0.4, -0.2) is 12.6 Å². The molecule has 1 rings (SSSR count). The monoisotopic (exact) mass is 169 g/mol. The minimum atomic E-state index is 0.837. The van der Waals surface area contributed by atoms with E-state index in [9.17, 15) is 0 Å². The van der Waals surface area contributed by atoms with Crippen LogP contribution in [0.25, 0.3) is 0 Å². The van der Waals surface area contributed by atoms with Gasteiger partial charge in [-0.1, -0.05) is 26.7 Å². The van der Waals surface area contributed by atoms with Gasteiger partial charge < -0.3 is 5.32 Å². The lowest BCUT2D eigenvalue weighted by atomic mass is 9.85. The third-order valence-electron chi connectivity index (χ3n) is 2.99. The number of piperidine rings is 1. The molecule has 1 fully saturated rings. The molecule has 0 bridgehead atoms. The zero-order chi connectivity index (χ0) is 8.81. The summed E-state index contributed by atoms with van der Waals surface area (Å²) in [4.78, 5) is 0. The maximum atomic E-state index is 3.65. The normalized spacial score (nSPS) is 30.5. The second-order valence-electron chi connectivity index (χ2n) is 4.04. The predicted octanol–water partition coefficient (Wildman–Crippen LogP) is 2.95. The van der Waals surface area contributed by atoms with Gasteiger partial charge in [-0.2, -0.15) is 0 Å². The first-order chi connectivity index (χ1) is 5.88. The average molecular weight is 169 g/mol. The second kappa shape index (κ2) is 5.58. The highest BCUT2D eigenvalue weighted by atomic mass is 14.9. The van der Waals surface area contributed by atoms with Gasteiger partial charge in [-0.15, -0.1) is 0 Å². The largest absolute Gasteiger partial charge is 0.314 e. The Hall–Kier alpha value is -0.0400. The summed E-state index contributed by atoms with van der Waals surface area (Å²) in [5.74, 6) is 0.976. The number of rotatable bonds is 4. The SMILES string of the molecule is CCCC1CCCNC1CCC. The van der Waals surface area contributed by atoms with Crippen molar-refractivity contribution in [2.24, 2.45) is 5.92 Å². The predicted molar refractivity (Wildman–Crippen MR) is 54.3 cm³/mol. The number of hydrogen-bond acceptors (Lipinski definition) is 1. The van der Waals surface area contributed by atoms with Crippen molar-refractivity contribution in [3.8, 4) is 0 Å². The summed E-state index contributed by atoms with van der Waals surface area (Å²) >= 11 is 0. The van der Waals surface area contributed by atoms with Crippen molar-refractivity contribution >= 4 is 0 Å². The first kappa shape index (κ1) is 10.0. The molecule has 0 radical (unpaired) electrons. The van der Waals surface area contributed by atoms with Crippen LogP contribution < -0.4 is 5.32 Å². The molecular formula is C11H23N. The third-order valence-corrected chi connectivity index (χ3v) is 2.99. The molecule has 1 saturated heterocycles. The molecular weight excluding hydrogens is 146 g/mol. The molecule has 2 atom stereocenters. The van der Waals surface area contributed by atoms with Crippen molar-refractivity contribution in [3.63, 3.8) is 0 Å². The lowest BCUT2D eigenvalue weighted by Gasteiger charge is -2.32. The molecule has 1 aliphatic heterocycles. The minimum absolute atomic E-state index is 0.837. The highest BCUT2D eigenvalue weighted by molar-refractivity contribution is 4.80. The molecule has 1 heteroatoms. The van der Waals surface area contributed by atoms with E-state index < -0.39 is 0 Å². The quantitative estimate of drug-likeness (QED) is 0.682. The Morgan fingerprint density at radius 1 is 1.17 bits per heavy atom. The van der Waals surface area contributed by atoms with Gasteiger partial charge in [0.15, 0.2) is 0 Å². The summed E-state index contributed by atoms with van der Waals surface area (Å²) in [6, 6.07) is 0.837. The van der Waals surface area contributed by atoms with Gasteiger partial charge in [0, 0.05) is 6.04 Å². The van der Waals surface area contributed by atoms with Gasteiger partial charge in [-0.05, 0) is 38.1 Å². The van der Waals surface area contributed by atoms with Crippen LogP contribution in [0.5, 0.6) is 0 Å². The molecule has 12 heavy (non-hydrogen) atoms. The van der Waals surface area contributed by atoms with Gasteiger partial charge in [0.25, 0.3) is 0 Å². The van der Waals surface area contributed by atoms with E-state index in [-0.39, 0.29) is 0 Å². The van der Waals surface area contributed by atoms with E-state index in [0.29, 0.717) is 0 Å². The lowest BCUT2D eigenvalue weighted by Crippen LogP contribution is -2.41. The van der Waals surface area contributed by atoms with E-state index in [1.54, 1.807) is 0 Å². The second-order valence-corrected chi connectivity index (χ2v) is 4.04. The summed E-state index contributed by atoms with van der Waals surface area (Å²) in [6.45, 7) is 5.85. The number of nitrogens with one attached hydrogen (secondary N) is 1. The fraction of sp³-hybridized carbons (Fsp3) is 1.00. The Bertz CT molecular complexity index is 93.6. The molecule has 72 valence electrons. The van der Waals surface area contributed by atoms with Gasteiger partial charge in [-0.3, -0.25) is 0 Å². The Kier molecular flexibility index (Phi) is 4.67. The fourth-order valence-corrected chi connectivity index (χ4v) is 2.38. The highest BCUT2D eigenvalue weighted by Crippen LogP contribution is 2.24. The Morgan fingerprint density at radius 2 is 1.92 bits per heavy atom. The molecule has 1 aliphatic rings. The Balaban J connectivity index is 2.31. The van der Waals surface area contributed by atoms with Gasteiger partial charge in [-0.25, -0.2) is 0 Å². The molecule has 1 heterocycles. The van der Waals surface area contributed by atoms with Crippen molar-refractivity contribution < 1.29 is 0 Å². The zero-order valence-electron chi connectivity index (χ0n) is 8.60. The van der Waals surface area contributed by atoms with Gasteiger partial charge in [0.05, 0.1) is 0 Å². The highest BCUT2D eigenvalue weighted by Gasteiger charge is 2.22. The molecule has 0 amide bonds. The molecule has 1 N–H and O–H groups in total. The summed E-state index contributed by atoms with van der Waals surface area (Å²) < 4.78 is 0. The Morgan fingerprint density at radius 3 is 2.58 bits per heavy atom. The van der Waals surface area contributed by atoms with E-state index in [0.717, 1.165) is 12.0 Å². The average Bonchev–Trinajstić information content (AvgIpc) is 2.09. The van der Waals surface area contributed by atoms with E-state index in [2.05, 4.69) is 19.2 Å². The van der Waals surface area contributed by atoms with Crippen molar-refractivity contribution in [2.45, 2.75) is 58.4 Å². The van der Waals surface area contributed by atoms with Gasteiger partial charge in [0.2, 0.25) is 0 Å². The lowest BCUT2D eigenvalue weighted by molar-refractivity contribution is 0.251. The van der Waals surface area contributed by atoms with Crippen molar-refractivity contribution in [3.05, 3.63) is 0 Å². The molecule has 0 aromatic rings. The zero-order valence-corrected chi connectivity index (χ0v) is 8.60. The first-order valence-electron chi connectivity index (χ1n) is 5.61.